The monoisotopic (exact) mass is 303 g/mol. The number of likely N-dealkylation sites (N-methyl/N-ethyl adjacent to an activating group) is 1. The third-order valence-corrected chi connectivity index (χ3v) is 4.30. The molecule has 7 nitrogen and oxygen atoms in total. The van der Waals surface area contributed by atoms with Crippen molar-refractivity contribution in [2.45, 2.75) is 31.8 Å². The van der Waals surface area contributed by atoms with Crippen molar-refractivity contribution in [1.82, 2.24) is 25.1 Å². The van der Waals surface area contributed by atoms with Crippen molar-refractivity contribution in [3.63, 3.8) is 0 Å². The lowest BCUT2D eigenvalue weighted by Gasteiger charge is -2.11. The van der Waals surface area contributed by atoms with Crippen LogP contribution in [0, 0.1) is 6.92 Å². The van der Waals surface area contributed by atoms with E-state index < -0.39 is 10.0 Å². The number of H-pyrrole nitrogens is 1. The number of aromatic nitrogens is 2. The first-order valence-corrected chi connectivity index (χ1v) is 8.25. The molecule has 0 aromatic carbocycles. The van der Waals surface area contributed by atoms with Crippen LogP contribution in [0.3, 0.4) is 0 Å². The van der Waals surface area contributed by atoms with Gasteiger partial charge in [-0.1, -0.05) is 6.92 Å². The molecule has 0 fully saturated rings. The molecule has 0 amide bonds. The molecule has 0 saturated carbocycles. The number of hydrogen-bond acceptors (Lipinski definition) is 5. The van der Waals surface area contributed by atoms with Crippen molar-refractivity contribution in [3.8, 4) is 0 Å². The molecule has 0 aliphatic rings. The number of aryl methyl sites for hydroxylation is 1. The maximum Gasteiger partial charge on any atom is 0.260 e. The molecule has 1 heterocycles. The summed E-state index contributed by atoms with van der Waals surface area (Å²) >= 11 is 0. The molecule has 0 aliphatic carbocycles. The Hall–Kier alpha value is -0.960. The lowest BCUT2D eigenvalue weighted by molar-refractivity contribution is 0.412. The third kappa shape index (κ3) is 4.86. The van der Waals surface area contributed by atoms with Crippen LogP contribution in [0.25, 0.3) is 0 Å². The van der Waals surface area contributed by atoms with Crippen molar-refractivity contribution in [1.29, 1.82) is 0 Å². The second-order valence-corrected chi connectivity index (χ2v) is 6.69. The van der Waals surface area contributed by atoms with Crippen molar-refractivity contribution in [2.24, 2.45) is 0 Å². The fourth-order valence-corrected chi connectivity index (χ4v) is 2.93. The summed E-state index contributed by atoms with van der Waals surface area (Å²) < 4.78 is 27.1. The summed E-state index contributed by atoms with van der Waals surface area (Å²) in [6.45, 7) is 6.25. The minimum atomic E-state index is -3.56. The molecule has 0 atom stereocenters. The van der Waals surface area contributed by atoms with E-state index in [9.17, 15) is 8.42 Å². The third-order valence-electron chi connectivity index (χ3n) is 2.87. The van der Waals surface area contributed by atoms with Crippen LogP contribution in [0.15, 0.2) is 5.03 Å². The van der Waals surface area contributed by atoms with E-state index >= 15 is 0 Å². The van der Waals surface area contributed by atoms with Gasteiger partial charge in [0.25, 0.3) is 10.0 Å². The van der Waals surface area contributed by atoms with Gasteiger partial charge in [-0.3, -0.25) is 5.10 Å². The van der Waals surface area contributed by atoms with E-state index in [1.807, 2.05) is 25.9 Å². The zero-order valence-electron chi connectivity index (χ0n) is 12.7. The predicted octanol–water partition coefficient (Wildman–Crippen LogP) is 0.0576. The highest BCUT2D eigenvalue weighted by atomic mass is 32.2. The lowest BCUT2D eigenvalue weighted by Crippen LogP contribution is -2.32. The van der Waals surface area contributed by atoms with Gasteiger partial charge in [0.05, 0.1) is 0 Å². The van der Waals surface area contributed by atoms with Gasteiger partial charge in [-0.25, -0.2) is 13.1 Å². The molecule has 3 N–H and O–H groups in total. The fraction of sp³-hybridized carbons (Fsp3) is 0.750. The van der Waals surface area contributed by atoms with Crippen LogP contribution in [0.5, 0.6) is 0 Å². The summed E-state index contributed by atoms with van der Waals surface area (Å²) in [7, 11) is 0.230. The number of hydrogen-bond donors (Lipinski definition) is 3. The molecule has 0 saturated heterocycles. The molecule has 116 valence electrons. The SMILES string of the molecule is CCCNCc1c(S(=O)(=O)NCCN(C)C)n[nH]c1C. The van der Waals surface area contributed by atoms with Crippen molar-refractivity contribution < 1.29 is 8.42 Å². The molecule has 0 radical (unpaired) electrons. The van der Waals surface area contributed by atoms with Gasteiger partial charge >= 0.3 is 0 Å². The maximum absolute atomic E-state index is 12.2. The van der Waals surface area contributed by atoms with Crippen LogP contribution < -0.4 is 10.0 Å². The number of rotatable bonds is 9. The van der Waals surface area contributed by atoms with E-state index in [1.165, 1.54) is 0 Å². The first kappa shape index (κ1) is 17.1. The molecule has 20 heavy (non-hydrogen) atoms. The van der Waals surface area contributed by atoms with Gasteiger partial charge < -0.3 is 10.2 Å². The topological polar surface area (TPSA) is 90.1 Å². The molecular weight excluding hydrogens is 278 g/mol. The molecule has 8 heteroatoms. The van der Waals surface area contributed by atoms with E-state index in [2.05, 4.69) is 27.2 Å². The fourth-order valence-electron chi connectivity index (χ4n) is 1.72. The Labute approximate surface area is 121 Å². The van der Waals surface area contributed by atoms with E-state index in [1.54, 1.807) is 0 Å². The van der Waals surface area contributed by atoms with Crippen LogP contribution >= 0.6 is 0 Å². The van der Waals surface area contributed by atoms with Crippen LogP contribution in [-0.4, -0.2) is 57.2 Å². The Kier molecular flexibility index (Phi) is 6.60. The molecular formula is C12H25N5O2S. The lowest BCUT2D eigenvalue weighted by atomic mass is 10.2. The highest BCUT2D eigenvalue weighted by Crippen LogP contribution is 2.15. The maximum atomic E-state index is 12.2. The number of aromatic amines is 1. The summed E-state index contributed by atoms with van der Waals surface area (Å²) in [5.41, 5.74) is 1.48. The average Bonchev–Trinajstić information content (AvgIpc) is 2.71. The highest BCUT2D eigenvalue weighted by Gasteiger charge is 2.23. The first-order valence-electron chi connectivity index (χ1n) is 6.77. The number of nitrogens with one attached hydrogen (secondary N) is 3. The van der Waals surface area contributed by atoms with E-state index in [0.29, 0.717) is 25.2 Å². The number of sulfonamides is 1. The molecule has 0 spiro atoms. The minimum Gasteiger partial charge on any atom is -0.313 e. The van der Waals surface area contributed by atoms with Gasteiger partial charge in [-0.2, -0.15) is 5.10 Å². The summed E-state index contributed by atoms with van der Waals surface area (Å²) in [6, 6.07) is 0. The molecule has 1 rings (SSSR count). The minimum absolute atomic E-state index is 0.0948. The van der Waals surface area contributed by atoms with Crippen LogP contribution in [0.4, 0.5) is 0 Å². The van der Waals surface area contributed by atoms with Gasteiger partial charge in [0.1, 0.15) is 0 Å². The van der Waals surface area contributed by atoms with Crippen LogP contribution in [0.2, 0.25) is 0 Å². The first-order chi connectivity index (χ1) is 9.38. The molecule has 1 aromatic rings. The second-order valence-electron chi connectivity index (χ2n) is 5.01. The van der Waals surface area contributed by atoms with Gasteiger partial charge in [0.2, 0.25) is 0 Å². The predicted molar refractivity (Wildman–Crippen MR) is 79.1 cm³/mol. The summed E-state index contributed by atoms with van der Waals surface area (Å²) in [6.07, 6.45) is 1.00. The van der Waals surface area contributed by atoms with Crippen molar-refractivity contribution >= 4 is 10.0 Å². The summed E-state index contributed by atoms with van der Waals surface area (Å²) in [5, 5.41) is 9.98. The van der Waals surface area contributed by atoms with E-state index in [-0.39, 0.29) is 5.03 Å². The van der Waals surface area contributed by atoms with Gasteiger partial charge in [-0.15, -0.1) is 0 Å². The standard InChI is InChI=1S/C12H25N5O2S/c1-5-6-13-9-11-10(2)15-16-12(11)20(18,19)14-7-8-17(3)4/h13-14H,5-9H2,1-4H3,(H,15,16). The van der Waals surface area contributed by atoms with Gasteiger partial charge in [-0.05, 0) is 34.0 Å². The highest BCUT2D eigenvalue weighted by molar-refractivity contribution is 7.89. The Balaban J connectivity index is 2.78. The summed E-state index contributed by atoms with van der Waals surface area (Å²) in [5.74, 6) is 0. The quantitative estimate of drug-likeness (QED) is 0.561. The van der Waals surface area contributed by atoms with Crippen LogP contribution in [-0.2, 0) is 16.6 Å². The molecule has 0 unspecified atom stereocenters. The zero-order valence-corrected chi connectivity index (χ0v) is 13.5. The molecule has 1 aromatic heterocycles. The van der Waals surface area contributed by atoms with Gasteiger partial charge in [0, 0.05) is 30.9 Å². The number of nitrogens with zero attached hydrogens (tertiary/aromatic N) is 2. The average molecular weight is 303 g/mol. The van der Waals surface area contributed by atoms with E-state index in [0.717, 1.165) is 18.7 Å². The Morgan fingerprint density at radius 2 is 2.00 bits per heavy atom. The van der Waals surface area contributed by atoms with Gasteiger partial charge in [0.15, 0.2) is 5.03 Å². The Morgan fingerprint density at radius 3 is 2.60 bits per heavy atom. The van der Waals surface area contributed by atoms with Crippen molar-refractivity contribution in [3.05, 3.63) is 11.3 Å². The normalized spacial score (nSPS) is 12.2. The molecule has 0 aliphatic heterocycles. The largest absolute Gasteiger partial charge is 0.313 e. The molecule has 0 bridgehead atoms. The van der Waals surface area contributed by atoms with Crippen LogP contribution in [0.1, 0.15) is 24.6 Å². The van der Waals surface area contributed by atoms with Crippen molar-refractivity contribution in [2.75, 3.05) is 33.7 Å². The summed E-state index contributed by atoms with van der Waals surface area (Å²) in [4.78, 5) is 1.92. The smallest absolute Gasteiger partial charge is 0.260 e. The zero-order chi connectivity index (χ0) is 15.2. The van der Waals surface area contributed by atoms with E-state index in [4.69, 9.17) is 0 Å². The Morgan fingerprint density at radius 1 is 1.30 bits per heavy atom. The Bertz CT molecular complexity index is 510. The second kappa shape index (κ2) is 7.72.